The Balaban J connectivity index is 1.14. The second-order valence-electron chi connectivity index (χ2n) is 10.3. The Hall–Kier alpha value is -3.68. The number of ether oxygens (including phenoxy) is 1. The van der Waals surface area contributed by atoms with Gasteiger partial charge in [0.25, 0.3) is 5.91 Å². The summed E-state index contributed by atoms with van der Waals surface area (Å²) in [7, 11) is 0. The van der Waals surface area contributed by atoms with Gasteiger partial charge in [0.15, 0.2) is 6.61 Å². The average molecular weight is 563 g/mol. The zero-order valence-corrected chi connectivity index (χ0v) is 22.2. The van der Waals surface area contributed by atoms with E-state index in [2.05, 4.69) is 17.4 Å². The molecule has 2 bridgehead atoms. The Morgan fingerprint density at radius 1 is 0.897 bits per heavy atom. The quantitative estimate of drug-likeness (QED) is 0.306. The molecule has 1 aliphatic heterocycles. The summed E-state index contributed by atoms with van der Waals surface area (Å²) >= 11 is 11.9. The molecular weight excluding hydrogens is 539 g/mol. The minimum atomic E-state index is -0.752. The van der Waals surface area contributed by atoms with Crippen molar-refractivity contribution in [3.8, 4) is 0 Å². The standard InChI is InChI=1S/C30H24Cl2N2O5/c31-19-9-10-24(23(32)14-19)33-25(35)15-39-30(38)17-7-4-8-20(11-17)34-28(36)26-18-12-21(16-5-2-1-3-6-16)22(13-18)27(26)29(34)37/h1-11,14,18,21-22,26-27H,12-13,15H2,(H,33,35)/t18-,21+,22+,26+,27-/m0/s1. The molecule has 7 nitrogen and oxygen atoms in total. The van der Waals surface area contributed by atoms with E-state index in [9.17, 15) is 19.2 Å². The van der Waals surface area contributed by atoms with E-state index in [0.717, 1.165) is 12.8 Å². The number of nitrogens with zero attached hydrogens (tertiary/aromatic N) is 1. The molecule has 2 saturated carbocycles. The topological polar surface area (TPSA) is 92.8 Å². The van der Waals surface area contributed by atoms with Crippen LogP contribution in [0.25, 0.3) is 0 Å². The smallest absolute Gasteiger partial charge is 0.338 e. The van der Waals surface area contributed by atoms with E-state index in [1.807, 2.05) is 18.2 Å². The summed E-state index contributed by atoms with van der Waals surface area (Å²) in [5, 5.41) is 3.24. The Kier molecular flexibility index (Phi) is 6.65. The molecular formula is C30H24Cl2N2O5. The van der Waals surface area contributed by atoms with E-state index in [4.69, 9.17) is 27.9 Å². The van der Waals surface area contributed by atoms with Crippen molar-refractivity contribution in [1.82, 2.24) is 0 Å². The van der Waals surface area contributed by atoms with Crippen LogP contribution in [0.1, 0.15) is 34.7 Å². The molecule has 3 aromatic rings. The molecule has 3 amide bonds. The maximum atomic E-state index is 13.6. The molecule has 0 radical (unpaired) electrons. The molecule has 2 aliphatic carbocycles. The van der Waals surface area contributed by atoms with Crippen molar-refractivity contribution in [3.63, 3.8) is 0 Å². The Labute approximate surface area is 235 Å². The summed E-state index contributed by atoms with van der Waals surface area (Å²) in [6.45, 7) is -0.544. The molecule has 198 valence electrons. The van der Waals surface area contributed by atoms with E-state index in [-0.39, 0.29) is 52.0 Å². The van der Waals surface area contributed by atoms with Crippen molar-refractivity contribution in [3.05, 3.63) is 94.0 Å². The first-order chi connectivity index (χ1) is 18.8. The average Bonchev–Trinajstić information content (AvgIpc) is 3.60. The first-order valence-corrected chi connectivity index (χ1v) is 13.5. The zero-order valence-electron chi connectivity index (χ0n) is 20.7. The van der Waals surface area contributed by atoms with Crippen molar-refractivity contribution in [1.29, 1.82) is 0 Å². The molecule has 9 heteroatoms. The number of nitrogens with one attached hydrogen (secondary N) is 1. The van der Waals surface area contributed by atoms with Crippen molar-refractivity contribution in [2.45, 2.75) is 18.8 Å². The summed E-state index contributed by atoms with van der Waals surface area (Å²) in [5.41, 5.74) is 2.02. The fourth-order valence-corrected chi connectivity index (χ4v) is 7.02. The summed E-state index contributed by atoms with van der Waals surface area (Å²) in [6, 6.07) is 21.0. The number of hydrogen-bond donors (Lipinski definition) is 1. The number of amides is 3. The highest BCUT2D eigenvalue weighted by Gasteiger charge is 2.64. The van der Waals surface area contributed by atoms with Gasteiger partial charge in [0, 0.05) is 5.02 Å². The van der Waals surface area contributed by atoms with Gasteiger partial charge >= 0.3 is 5.97 Å². The van der Waals surface area contributed by atoms with Gasteiger partial charge in [-0.25, -0.2) is 4.79 Å². The number of carbonyl (C=O) groups excluding carboxylic acids is 4. The van der Waals surface area contributed by atoms with Crippen LogP contribution < -0.4 is 10.2 Å². The van der Waals surface area contributed by atoms with Crippen LogP contribution >= 0.6 is 23.2 Å². The summed E-state index contributed by atoms with van der Waals surface area (Å²) < 4.78 is 5.17. The van der Waals surface area contributed by atoms with Gasteiger partial charge in [0.1, 0.15) is 0 Å². The molecule has 3 aromatic carbocycles. The normalized spacial score (nSPS) is 25.1. The molecule has 3 aliphatic rings. The van der Waals surface area contributed by atoms with Crippen LogP contribution in [-0.2, 0) is 19.1 Å². The van der Waals surface area contributed by atoms with E-state index in [0.29, 0.717) is 16.4 Å². The zero-order chi connectivity index (χ0) is 27.3. The lowest BCUT2D eigenvalue weighted by Crippen LogP contribution is -2.33. The first-order valence-electron chi connectivity index (χ1n) is 12.8. The van der Waals surface area contributed by atoms with Crippen molar-refractivity contribution in [2.75, 3.05) is 16.8 Å². The minimum Gasteiger partial charge on any atom is -0.452 e. The Morgan fingerprint density at radius 3 is 2.44 bits per heavy atom. The van der Waals surface area contributed by atoms with Crippen LogP contribution in [0, 0.1) is 23.7 Å². The number of hydrogen-bond acceptors (Lipinski definition) is 5. The largest absolute Gasteiger partial charge is 0.452 e. The maximum absolute atomic E-state index is 13.6. The first kappa shape index (κ1) is 25.6. The van der Waals surface area contributed by atoms with Gasteiger partial charge in [0.2, 0.25) is 11.8 Å². The van der Waals surface area contributed by atoms with Gasteiger partial charge in [-0.05, 0) is 72.6 Å². The molecule has 39 heavy (non-hydrogen) atoms. The Bertz CT molecular complexity index is 1490. The van der Waals surface area contributed by atoms with Crippen LogP contribution in [-0.4, -0.2) is 30.3 Å². The molecule has 6 rings (SSSR count). The monoisotopic (exact) mass is 562 g/mol. The van der Waals surface area contributed by atoms with E-state index in [1.54, 1.807) is 24.3 Å². The van der Waals surface area contributed by atoms with Crippen LogP contribution in [0.2, 0.25) is 10.0 Å². The summed E-state index contributed by atoms with van der Waals surface area (Å²) in [5.74, 6) is -1.83. The van der Waals surface area contributed by atoms with Crippen molar-refractivity contribution in [2.24, 2.45) is 23.7 Å². The lowest BCUT2D eigenvalue weighted by Gasteiger charge is -2.28. The number of carbonyl (C=O) groups is 4. The highest BCUT2D eigenvalue weighted by Crippen LogP contribution is 2.61. The van der Waals surface area contributed by atoms with Gasteiger partial charge in [-0.15, -0.1) is 0 Å². The van der Waals surface area contributed by atoms with Gasteiger partial charge in [-0.3, -0.25) is 19.3 Å². The van der Waals surface area contributed by atoms with E-state index in [1.165, 1.54) is 28.7 Å². The molecule has 5 atom stereocenters. The lowest BCUT2D eigenvalue weighted by atomic mass is 9.73. The van der Waals surface area contributed by atoms with Crippen LogP contribution in [0.3, 0.4) is 0 Å². The number of fused-ring (bicyclic) bond motifs is 5. The highest BCUT2D eigenvalue weighted by molar-refractivity contribution is 6.36. The molecule has 0 unspecified atom stereocenters. The number of imide groups is 1. The number of esters is 1. The second-order valence-corrected chi connectivity index (χ2v) is 11.1. The summed E-state index contributed by atoms with van der Waals surface area (Å²) in [4.78, 5) is 53.3. The number of halogens is 2. The fourth-order valence-electron chi connectivity index (χ4n) is 6.56. The van der Waals surface area contributed by atoms with Gasteiger partial charge in [-0.2, -0.15) is 0 Å². The SMILES string of the molecule is O=C(COC(=O)c1cccc(N2C(=O)[C@@H]3[C@@H]4C[C@@H]([C@@H]3C2=O)[C@@H](c2ccccc2)C4)c1)Nc1ccc(Cl)cc1Cl. The fraction of sp³-hybridized carbons (Fsp3) is 0.267. The third-order valence-corrected chi connectivity index (χ3v) is 8.67. The molecule has 1 N–H and O–H groups in total. The van der Waals surface area contributed by atoms with E-state index >= 15 is 0 Å². The van der Waals surface area contributed by atoms with Gasteiger partial charge in [0.05, 0.1) is 33.8 Å². The molecule has 1 heterocycles. The van der Waals surface area contributed by atoms with Crippen LogP contribution in [0.5, 0.6) is 0 Å². The van der Waals surface area contributed by atoms with Crippen LogP contribution in [0.15, 0.2) is 72.8 Å². The predicted molar refractivity (Wildman–Crippen MR) is 147 cm³/mol. The predicted octanol–water partition coefficient (Wildman–Crippen LogP) is 5.72. The van der Waals surface area contributed by atoms with Gasteiger partial charge in [-0.1, -0.05) is 59.6 Å². The third-order valence-electron chi connectivity index (χ3n) is 8.12. The number of anilines is 2. The number of benzene rings is 3. The number of rotatable bonds is 6. The summed E-state index contributed by atoms with van der Waals surface area (Å²) in [6.07, 6.45) is 1.79. The minimum absolute atomic E-state index is 0.129. The lowest BCUT2D eigenvalue weighted by molar-refractivity contribution is -0.123. The Morgan fingerprint density at radius 2 is 1.67 bits per heavy atom. The van der Waals surface area contributed by atoms with Crippen LogP contribution in [0.4, 0.5) is 11.4 Å². The van der Waals surface area contributed by atoms with Crippen molar-refractivity contribution < 1.29 is 23.9 Å². The molecule has 0 spiro atoms. The highest BCUT2D eigenvalue weighted by atomic mass is 35.5. The molecule has 3 fully saturated rings. The van der Waals surface area contributed by atoms with Crippen molar-refractivity contribution >= 4 is 58.3 Å². The maximum Gasteiger partial charge on any atom is 0.338 e. The molecule has 1 saturated heterocycles. The third kappa shape index (κ3) is 4.60. The van der Waals surface area contributed by atoms with E-state index < -0.39 is 18.5 Å². The van der Waals surface area contributed by atoms with Gasteiger partial charge < -0.3 is 10.1 Å². The second kappa shape index (κ2) is 10.1. The molecule has 0 aromatic heterocycles.